The Labute approximate surface area is 150 Å². The maximum atomic E-state index is 12.2. The minimum absolute atomic E-state index is 0.0148. The maximum absolute atomic E-state index is 12.2. The lowest BCUT2D eigenvalue weighted by atomic mass is 10.3. The summed E-state index contributed by atoms with van der Waals surface area (Å²) in [7, 11) is -1.85. The number of likely N-dealkylation sites (N-methyl/N-ethyl adjacent to an activating group) is 1. The first-order valence-corrected chi connectivity index (χ1v) is 10.7. The molecule has 0 aliphatic carbocycles. The van der Waals surface area contributed by atoms with Gasteiger partial charge in [-0.05, 0) is 35.0 Å². The first kappa shape index (κ1) is 18.9. The molecule has 23 heavy (non-hydrogen) atoms. The lowest BCUT2D eigenvalue weighted by Crippen LogP contribution is -2.51. The molecule has 1 aliphatic heterocycles. The number of amides is 1. The topological polar surface area (TPSA) is 60.9 Å². The lowest BCUT2D eigenvalue weighted by Gasteiger charge is -2.35. The zero-order chi connectivity index (χ0) is 17.0. The van der Waals surface area contributed by atoms with Crippen molar-refractivity contribution >= 4 is 43.2 Å². The van der Waals surface area contributed by atoms with E-state index >= 15 is 0 Å². The molecule has 0 bridgehead atoms. The predicted molar refractivity (Wildman–Crippen MR) is 96.0 cm³/mol. The zero-order valence-electron chi connectivity index (χ0n) is 13.4. The fourth-order valence-electron chi connectivity index (χ4n) is 2.42. The third-order valence-corrected chi connectivity index (χ3v) is 7.35. The smallest absolute Gasteiger partial charge is 0.237 e. The molecule has 9 heteroatoms. The maximum Gasteiger partial charge on any atom is 0.237 e. The zero-order valence-corrected chi connectivity index (χ0v) is 16.6. The largest absolute Gasteiger partial charge is 0.339 e. The van der Waals surface area contributed by atoms with Crippen LogP contribution in [0.4, 0.5) is 0 Å². The van der Waals surface area contributed by atoms with E-state index in [4.69, 9.17) is 0 Å². The molecule has 0 atom stereocenters. The number of sulfonamides is 1. The van der Waals surface area contributed by atoms with Crippen molar-refractivity contribution in [3.05, 3.63) is 20.8 Å². The van der Waals surface area contributed by atoms with E-state index < -0.39 is 10.0 Å². The summed E-state index contributed by atoms with van der Waals surface area (Å²) in [6, 6.07) is 4.15. The number of nitrogens with zero attached hydrogens (tertiary/aromatic N) is 3. The first-order valence-electron chi connectivity index (χ1n) is 7.50. The van der Waals surface area contributed by atoms with Gasteiger partial charge in [0.15, 0.2) is 0 Å². The highest BCUT2D eigenvalue weighted by Crippen LogP contribution is 2.23. The third-order valence-electron chi connectivity index (χ3n) is 3.93. The number of hydrogen-bond donors (Lipinski definition) is 0. The fourth-order valence-corrected chi connectivity index (χ4v) is 4.70. The monoisotopic (exact) mass is 423 g/mol. The van der Waals surface area contributed by atoms with E-state index in [0.717, 1.165) is 27.7 Å². The lowest BCUT2D eigenvalue weighted by molar-refractivity contribution is -0.133. The van der Waals surface area contributed by atoms with Crippen LogP contribution in [-0.2, 0) is 21.4 Å². The third kappa shape index (κ3) is 5.25. The molecule has 0 spiro atoms. The van der Waals surface area contributed by atoms with Gasteiger partial charge in [-0.1, -0.05) is 0 Å². The highest BCUT2D eigenvalue weighted by Gasteiger charge is 2.25. The van der Waals surface area contributed by atoms with E-state index in [1.165, 1.54) is 11.9 Å². The molecule has 1 aromatic rings. The summed E-state index contributed by atoms with van der Waals surface area (Å²) >= 11 is 5.19. The quantitative estimate of drug-likeness (QED) is 0.694. The van der Waals surface area contributed by atoms with E-state index in [-0.39, 0.29) is 18.2 Å². The first-order chi connectivity index (χ1) is 10.8. The van der Waals surface area contributed by atoms with Crippen LogP contribution in [0.3, 0.4) is 0 Å². The second-order valence-corrected chi connectivity index (χ2v) is 10.4. The molecule has 1 saturated heterocycles. The van der Waals surface area contributed by atoms with Gasteiger partial charge in [-0.25, -0.2) is 8.42 Å². The normalized spacial score (nSPS) is 17.0. The van der Waals surface area contributed by atoms with E-state index in [1.807, 2.05) is 6.07 Å². The highest BCUT2D eigenvalue weighted by molar-refractivity contribution is 9.11. The average Bonchev–Trinajstić information content (AvgIpc) is 2.92. The van der Waals surface area contributed by atoms with Gasteiger partial charge in [0.25, 0.3) is 0 Å². The molecule has 2 rings (SSSR count). The van der Waals surface area contributed by atoms with Crippen LogP contribution in [0.1, 0.15) is 11.8 Å². The van der Waals surface area contributed by atoms with Crippen LogP contribution in [0.25, 0.3) is 0 Å². The van der Waals surface area contributed by atoms with Crippen molar-refractivity contribution in [2.45, 2.75) is 13.5 Å². The number of carbonyl (C=O) groups excluding carboxylic acids is 1. The SMILES string of the molecule is CCS(=O)(=O)N(C)CC(=O)N1CCN(Cc2ccc(Br)s2)CC1. The standard InChI is InChI=1S/C14H22BrN3O3S2/c1-3-23(20,21)16(2)11-14(19)18-8-6-17(7-9-18)10-12-4-5-13(15)22-12/h4-5H,3,6-11H2,1-2H3. The minimum atomic E-state index is -3.31. The highest BCUT2D eigenvalue weighted by atomic mass is 79.9. The molecule has 0 aromatic carbocycles. The van der Waals surface area contributed by atoms with Gasteiger partial charge >= 0.3 is 0 Å². The molecule has 130 valence electrons. The van der Waals surface area contributed by atoms with Crippen LogP contribution in [0.5, 0.6) is 0 Å². The van der Waals surface area contributed by atoms with Crippen molar-refractivity contribution in [3.8, 4) is 0 Å². The summed E-state index contributed by atoms with van der Waals surface area (Å²) in [5.41, 5.74) is 0. The fraction of sp³-hybridized carbons (Fsp3) is 0.643. The molecule has 1 aromatic heterocycles. The summed E-state index contributed by atoms with van der Waals surface area (Å²) < 4.78 is 25.7. The molecule has 0 N–H and O–H groups in total. The summed E-state index contributed by atoms with van der Waals surface area (Å²) in [5, 5.41) is 0. The van der Waals surface area contributed by atoms with Crippen LogP contribution in [0.2, 0.25) is 0 Å². The minimum Gasteiger partial charge on any atom is -0.339 e. The summed E-state index contributed by atoms with van der Waals surface area (Å²) in [6.07, 6.45) is 0. The number of halogens is 1. The van der Waals surface area contributed by atoms with Crippen molar-refractivity contribution in [1.29, 1.82) is 0 Å². The second-order valence-electron chi connectivity index (χ2n) is 5.52. The molecule has 0 saturated carbocycles. The second kappa shape index (κ2) is 8.06. The van der Waals surface area contributed by atoms with Gasteiger partial charge in [-0.3, -0.25) is 9.69 Å². The van der Waals surface area contributed by atoms with Gasteiger partial charge in [0, 0.05) is 44.6 Å². The Morgan fingerprint density at radius 2 is 1.96 bits per heavy atom. The Balaban J connectivity index is 1.80. The Morgan fingerprint density at radius 3 is 2.48 bits per heavy atom. The summed E-state index contributed by atoms with van der Waals surface area (Å²) in [5.74, 6) is -0.107. The van der Waals surface area contributed by atoms with Gasteiger partial charge in [-0.15, -0.1) is 11.3 Å². The van der Waals surface area contributed by atoms with Gasteiger partial charge < -0.3 is 4.90 Å². The van der Waals surface area contributed by atoms with Gasteiger partial charge in [0.2, 0.25) is 15.9 Å². The molecule has 0 unspecified atom stereocenters. The van der Waals surface area contributed by atoms with Gasteiger partial charge in [-0.2, -0.15) is 4.31 Å². The molecule has 1 fully saturated rings. The number of thiophene rings is 1. The number of rotatable bonds is 6. The van der Waals surface area contributed by atoms with Crippen molar-refractivity contribution in [2.24, 2.45) is 0 Å². The molecule has 1 amide bonds. The number of hydrogen-bond acceptors (Lipinski definition) is 5. The van der Waals surface area contributed by atoms with Crippen molar-refractivity contribution < 1.29 is 13.2 Å². The summed E-state index contributed by atoms with van der Waals surface area (Å²) in [6.45, 7) is 5.31. The molecule has 2 heterocycles. The van der Waals surface area contributed by atoms with E-state index in [2.05, 4.69) is 26.9 Å². The van der Waals surface area contributed by atoms with Crippen LogP contribution in [-0.4, -0.2) is 74.0 Å². The van der Waals surface area contributed by atoms with Crippen LogP contribution >= 0.6 is 27.3 Å². The Morgan fingerprint density at radius 1 is 1.30 bits per heavy atom. The van der Waals surface area contributed by atoms with Crippen LogP contribution < -0.4 is 0 Å². The van der Waals surface area contributed by atoms with Gasteiger partial charge in [0.1, 0.15) is 0 Å². The van der Waals surface area contributed by atoms with E-state index in [1.54, 1.807) is 23.2 Å². The number of piperazine rings is 1. The Kier molecular flexibility index (Phi) is 6.61. The molecule has 1 aliphatic rings. The Hall–Kier alpha value is -0.480. The van der Waals surface area contributed by atoms with Crippen molar-refractivity contribution in [2.75, 3.05) is 45.5 Å². The predicted octanol–water partition coefficient (Wildman–Crippen LogP) is 1.44. The molecular weight excluding hydrogens is 402 g/mol. The van der Waals surface area contributed by atoms with Crippen LogP contribution in [0, 0.1) is 0 Å². The van der Waals surface area contributed by atoms with Crippen LogP contribution in [0.15, 0.2) is 15.9 Å². The van der Waals surface area contributed by atoms with Gasteiger partial charge in [0.05, 0.1) is 16.1 Å². The van der Waals surface area contributed by atoms with Crippen molar-refractivity contribution in [1.82, 2.24) is 14.1 Å². The average molecular weight is 424 g/mol. The molecule has 6 nitrogen and oxygen atoms in total. The van der Waals surface area contributed by atoms with Crippen molar-refractivity contribution in [3.63, 3.8) is 0 Å². The molecular formula is C14H22BrN3O3S2. The van der Waals surface area contributed by atoms with E-state index in [9.17, 15) is 13.2 Å². The number of carbonyl (C=O) groups is 1. The Bertz CT molecular complexity index is 639. The van der Waals surface area contributed by atoms with E-state index in [0.29, 0.717) is 13.1 Å². The molecule has 0 radical (unpaired) electrons. The summed E-state index contributed by atoms with van der Waals surface area (Å²) in [4.78, 5) is 17.6.